The molecular weight excluding hydrogens is 390 g/mol. The molecule has 0 aliphatic carbocycles. The number of hydrogen-bond donors (Lipinski definition) is 2. The van der Waals surface area contributed by atoms with Crippen molar-refractivity contribution in [2.75, 3.05) is 6.54 Å². The normalized spacial score (nSPS) is 17.8. The van der Waals surface area contributed by atoms with E-state index >= 15 is 0 Å². The summed E-state index contributed by atoms with van der Waals surface area (Å²) in [6, 6.07) is 22.5. The van der Waals surface area contributed by atoms with E-state index < -0.39 is 17.7 Å². The first-order chi connectivity index (χ1) is 15.0. The number of rotatable bonds is 5. The molecule has 0 saturated carbocycles. The zero-order valence-corrected chi connectivity index (χ0v) is 17.2. The van der Waals surface area contributed by atoms with Gasteiger partial charge in [0.05, 0.1) is 11.6 Å². The number of ketones is 1. The Morgan fingerprint density at radius 2 is 1.65 bits per heavy atom. The molecule has 5 heteroatoms. The van der Waals surface area contributed by atoms with Crippen molar-refractivity contribution in [2.45, 2.75) is 19.4 Å². The molecule has 0 radical (unpaired) electrons. The van der Waals surface area contributed by atoms with Crippen molar-refractivity contribution < 1.29 is 19.8 Å². The number of hydrogen-bond acceptors (Lipinski definition) is 4. The quantitative estimate of drug-likeness (QED) is 0.370. The van der Waals surface area contributed by atoms with Gasteiger partial charge in [0.15, 0.2) is 0 Å². The average Bonchev–Trinajstić information content (AvgIpc) is 3.03. The molecule has 1 atom stereocenters. The minimum Gasteiger partial charge on any atom is -0.508 e. The number of aliphatic hydroxyl groups is 1. The molecular formula is C26H23NO4. The monoisotopic (exact) mass is 413 g/mol. The Kier molecular flexibility index (Phi) is 5.58. The number of carbonyl (C=O) groups excluding carboxylic acids is 2. The van der Waals surface area contributed by atoms with E-state index in [1.54, 1.807) is 24.3 Å². The maximum absolute atomic E-state index is 13.0. The molecule has 0 spiro atoms. The Morgan fingerprint density at radius 3 is 2.32 bits per heavy atom. The van der Waals surface area contributed by atoms with Crippen molar-refractivity contribution >= 4 is 17.4 Å². The van der Waals surface area contributed by atoms with E-state index in [-0.39, 0.29) is 17.1 Å². The summed E-state index contributed by atoms with van der Waals surface area (Å²) < 4.78 is 0. The van der Waals surface area contributed by atoms with Crippen LogP contribution >= 0.6 is 0 Å². The van der Waals surface area contributed by atoms with Crippen molar-refractivity contribution in [3.63, 3.8) is 0 Å². The second kappa shape index (κ2) is 8.48. The van der Waals surface area contributed by atoms with Gasteiger partial charge in [-0.2, -0.15) is 0 Å². The van der Waals surface area contributed by atoms with E-state index in [2.05, 4.69) is 0 Å². The summed E-state index contributed by atoms with van der Waals surface area (Å²) in [5.74, 6) is -1.56. The number of phenols is 1. The van der Waals surface area contributed by atoms with Gasteiger partial charge in [-0.1, -0.05) is 72.3 Å². The van der Waals surface area contributed by atoms with Gasteiger partial charge in [-0.15, -0.1) is 0 Å². The molecule has 1 unspecified atom stereocenters. The third kappa shape index (κ3) is 4.08. The van der Waals surface area contributed by atoms with Crippen molar-refractivity contribution in [3.8, 4) is 5.75 Å². The van der Waals surface area contributed by atoms with Gasteiger partial charge in [0.2, 0.25) is 0 Å². The van der Waals surface area contributed by atoms with Crippen molar-refractivity contribution in [1.29, 1.82) is 0 Å². The standard InChI is InChI=1S/C26H23NO4/c1-17-10-12-19(13-11-17)24(29)22-23(20-8-5-9-21(28)16-20)27(26(31)25(22)30)15-14-18-6-3-2-4-7-18/h2-13,16,23,28-29H,14-15H2,1H3. The number of phenolic OH excluding ortho intramolecular Hbond substituents is 1. The highest BCUT2D eigenvalue weighted by Crippen LogP contribution is 2.40. The largest absolute Gasteiger partial charge is 0.508 e. The molecule has 1 heterocycles. The van der Waals surface area contributed by atoms with Crippen molar-refractivity contribution in [3.05, 3.63) is 107 Å². The number of aliphatic hydroxyl groups excluding tert-OH is 1. The number of carbonyl (C=O) groups is 2. The average molecular weight is 413 g/mol. The maximum atomic E-state index is 13.0. The molecule has 1 fully saturated rings. The van der Waals surface area contributed by atoms with Crippen molar-refractivity contribution in [2.24, 2.45) is 0 Å². The number of benzene rings is 3. The topological polar surface area (TPSA) is 77.8 Å². The van der Waals surface area contributed by atoms with Crippen LogP contribution in [0.25, 0.3) is 5.76 Å². The summed E-state index contributed by atoms with van der Waals surface area (Å²) in [6.07, 6.45) is 0.563. The Morgan fingerprint density at radius 1 is 0.935 bits per heavy atom. The van der Waals surface area contributed by atoms with Crippen LogP contribution in [0.1, 0.15) is 28.3 Å². The van der Waals surface area contributed by atoms with E-state index in [1.807, 2.05) is 49.4 Å². The third-order valence-electron chi connectivity index (χ3n) is 5.54. The molecule has 156 valence electrons. The van der Waals surface area contributed by atoms with Gasteiger partial charge in [0.1, 0.15) is 11.5 Å². The van der Waals surface area contributed by atoms with Crippen LogP contribution < -0.4 is 0 Å². The van der Waals surface area contributed by atoms with E-state index in [9.17, 15) is 19.8 Å². The number of nitrogens with zero attached hydrogens (tertiary/aromatic N) is 1. The molecule has 4 rings (SSSR count). The van der Waals surface area contributed by atoms with E-state index in [4.69, 9.17) is 0 Å². The zero-order chi connectivity index (χ0) is 22.0. The van der Waals surface area contributed by atoms with E-state index in [1.165, 1.54) is 17.0 Å². The fraction of sp³-hybridized carbons (Fsp3) is 0.154. The second-order valence-electron chi connectivity index (χ2n) is 7.69. The molecule has 1 aliphatic heterocycles. The molecule has 3 aromatic carbocycles. The van der Waals surface area contributed by atoms with Crippen LogP contribution in [0.4, 0.5) is 0 Å². The molecule has 3 aromatic rings. The zero-order valence-electron chi connectivity index (χ0n) is 17.2. The molecule has 1 aliphatic rings. The predicted molar refractivity (Wildman–Crippen MR) is 118 cm³/mol. The minimum atomic E-state index is -0.780. The SMILES string of the molecule is Cc1ccc(C(O)=C2C(=O)C(=O)N(CCc3ccccc3)C2c2cccc(O)c2)cc1. The van der Waals surface area contributed by atoms with E-state index in [0.29, 0.717) is 24.1 Å². The van der Waals surface area contributed by atoms with Crippen LogP contribution in [0.3, 0.4) is 0 Å². The number of aromatic hydroxyl groups is 1. The molecule has 1 saturated heterocycles. The lowest BCUT2D eigenvalue weighted by Gasteiger charge is -2.25. The number of Topliss-reactive ketones (excluding diaryl/α,β-unsaturated/α-hetero) is 1. The van der Waals surface area contributed by atoms with Gasteiger partial charge < -0.3 is 15.1 Å². The Bertz CT molecular complexity index is 1150. The highest BCUT2D eigenvalue weighted by molar-refractivity contribution is 6.46. The van der Waals surface area contributed by atoms with Gasteiger partial charge in [-0.3, -0.25) is 9.59 Å². The second-order valence-corrected chi connectivity index (χ2v) is 7.69. The summed E-state index contributed by atoms with van der Waals surface area (Å²) in [5, 5.41) is 21.0. The van der Waals surface area contributed by atoms with Crippen molar-refractivity contribution in [1.82, 2.24) is 4.90 Å². The van der Waals surface area contributed by atoms with Crippen LogP contribution in [0.5, 0.6) is 5.75 Å². The van der Waals surface area contributed by atoms with Crippen LogP contribution in [-0.2, 0) is 16.0 Å². The van der Waals surface area contributed by atoms with E-state index in [0.717, 1.165) is 11.1 Å². The lowest BCUT2D eigenvalue weighted by Crippen LogP contribution is -2.31. The minimum absolute atomic E-state index is 0.0292. The van der Waals surface area contributed by atoms with Gasteiger partial charge in [0.25, 0.3) is 11.7 Å². The molecule has 1 amide bonds. The van der Waals surface area contributed by atoms with Crippen LogP contribution in [0, 0.1) is 6.92 Å². The van der Waals surface area contributed by atoms with Crippen LogP contribution in [0.15, 0.2) is 84.4 Å². The smallest absolute Gasteiger partial charge is 0.295 e. The fourth-order valence-corrected chi connectivity index (χ4v) is 3.91. The molecule has 0 bridgehead atoms. The maximum Gasteiger partial charge on any atom is 0.295 e. The number of aryl methyl sites for hydroxylation is 1. The third-order valence-corrected chi connectivity index (χ3v) is 5.54. The van der Waals surface area contributed by atoms with Gasteiger partial charge >= 0.3 is 0 Å². The first kappa shape index (κ1) is 20.4. The lowest BCUT2D eigenvalue weighted by atomic mass is 9.95. The lowest BCUT2D eigenvalue weighted by molar-refractivity contribution is -0.139. The molecule has 0 aromatic heterocycles. The van der Waals surface area contributed by atoms with Crippen LogP contribution in [0.2, 0.25) is 0 Å². The highest BCUT2D eigenvalue weighted by atomic mass is 16.3. The first-order valence-corrected chi connectivity index (χ1v) is 10.1. The summed E-state index contributed by atoms with van der Waals surface area (Å²) in [6.45, 7) is 2.23. The number of likely N-dealkylation sites (tertiary alicyclic amines) is 1. The highest BCUT2D eigenvalue weighted by Gasteiger charge is 2.45. The van der Waals surface area contributed by atoms with Gasteiger partial charge in [-0.25, -0.2) is 0 Å². The van der Waals surface area contributed by atoms with Crippen LogP contribution in [-0.4, -0.2) is 33.3 Å². The summed E-state index contributed by atoms with van der Waals surface area (Å²) in [7, 11) is 0. The van der Waals surface area contributed by atoms with Gasteiger partial charge in [0, 0.05) is 12.1 Å². The Balaban J connectivity index is 1.79. The molecule has 31 heavy (non-hydrogen) atoms. The Labute approximate surface area is 180 Å². The molecule has 5 nitrogen and oxygen atoms in total. The summed E-state index contributed by atoms with van der Waals surface area (Å²) in [5.41, 5.74) is 3.13. The predicted octanol–water partition coefficient (Wildman–Crippen LogP) is 4.37. The first-order valence-electron chi connectivity index (χ1n) is 10.1. The fourth-order valence-electron chi connectivity index (χ4n) is 3.91. The number of amides is 1. The summed E-state index contributed by atoms with van der Waals surface area (Å²) >= 11 is 0. The Hall–Kier alpha value is -3.86. The molecule has 2 N–H and O–H groups in total. The summed E-state index contributed by atoms with van der Waals surface area (Å²) in [4.78, 5) is 27.4. The van der Waals surface area contributed by atoms with Gasteiger partial charge in [-0.05, 0) is 36.6 Å².